The predicted octanol–water partition coefficient (Wildman–Crippen LogP) is 3.76. The molecule has 36 heavy (non-hydrogen) atoms. The molecule has 2 atom stereocenters. The number of hydrogen-bond donors (Lipinski definition) is 1. The number of allylic oxidation sites excluding steroid dienone is 3. The number of benzene rings is 1. The molecule has 7 nitrogen and oxygen atoms in total. The zero-order chi connectivity index (χ0) is 25.7. The molecule has 1 unspecified atom stereocenters. The highest BCUT2D eigenvalue weighted by Crippen LogP contribution is 2.33. The van der Waals surface area contributed by atoms with Gasteiger partial charge in [0.2, 0.25) is 0 Å². The van der Waals surface area contributed by atoms with E-state index in [2.05, 4.69) is 10.3 Å². The lowest BCUT2D eigenvalue weighted by molar-refractivity contribution is -0.141. The Morgan fingerprint density at radius 2 is 2.06 bits per heavy atom. The largest absolute Gasteiger partial charge is 0.495 e. The average molecular weight is 499 g/mol. The Morgan fingerprint density at radius 1 is 1.25 bits per heavy atom. The maximum absolute atomic E-state index is 13.1. The zero-order valence-corrected chi connectivity index (χ0v) is 19.8. The molecule has 3 aliphatic rings. The van der Waals surface area contributed by atoms with Crippen LogP contribution in [0, 0.1) is 5.92 Å². The van der Waals surface area contributed by atoms with E-state index < -0.39 is 23.6 Å². The Kier molecular flexibility index (Phi) is 5.96. The fourth-order valence-corrected chi connectivity index (χ4v) is 4.55. The molecule has 2 aromatic rings. The first-order valence-electron chi connectivity index (χ1n) is 11.4. The Morgan fingerprint density at radius 3 is 2.75 bits per heavy atom. The molecular formula is C26H24F3N3O4. The van der Waals surface area contributed by atoms with E-state index in [0.29, 0.717) is 28.6 Å². The molecular weight excluding hydrogens is 475 g/mol. The van der Waals surface area contributed by atoms with E-state index >= 15 is 0 Å². The lowest BCUT2D eigenvalue weighted by Gasteiger charge is -2.20. The molecule has 1 amide bonds. The van der Waals surface area contributed by atoms with Gasteiger partial charge in [-0.3, -0.25) is 4.79 Å². The number of nitrogens with zero attached hydrogens (tertiary/aromatic N) is 2. The molecule has 1 aliphatic carbocycles. The minimum atomic E-state index is -4.66. The van der Waals surface area contributed by atoms with Crippen LogP contribution < -0.4 is 20.6 Å². The second-order valence-electron chi connectivity index (χ2n) is 9.18. The third-order valence-electron chi connectivity index (χ3n) is 6.15. The Balaban J connectivity index is 1.47. The number of halogens is 3. The number of methoxy groups -OCH3 is 1. The standard InChI is InChI=1S/C26H24F3N3O4/c1-25(2)35-13-15(36-25)11-14-7-8-16-19(12-14)30-17-9-10-20(34-3)23(22(16)17)32-24(33)18-5-4-6-21(31-18)26(27,28)29/h4-10,12,14-15H,11,13H2,1-3H3,(H,32,33)/t14?,15-/m0/s1. The van der Waals surface area contributed by atoms with Gasteiger partial charge in [-0.05, 0) is 50.5 Å². The quantitative estimate of drug-likeness (QED) is 0.678. The number of pyridine rings is 1. The zero-order valence-electron chi connectivity index (χ0n) is 19.8. The number of aromatic nitrogens is 1. The van der Waals surface area contributed by atoms with Gasteiger partial charge in [-0.1, -0.05) is 24.3 Å². The normalized spacial score (nSPS) is 21.9. The summed E-state index contributed by atoms with van der Waals surface area (Å²) < 4.78 is 56.3. The predicted molar refractivity (Wildman–Crippen MR) is 125 cm³/mol. The summed E-state index contributed by atoms with van der Waals surface area (Å²) in [4.78, 5) is 21.1. The number of nitrogens with one attached hydrogen (secondary N) is 1. The molecule has 188 valence electrons. The topological polar surface area (TPSA) is 82.0 Å². The summed E-state index contributed by atoms with van der Waals surface area (Å²) in [6, 6.07) is 6.62. The summed E-state index contributed by atoms with van der Waals surface area (Å²) in [6.07, 6.45) is 2.05. The van der Waals surface area contributed by atoms with Gasteiger partial charge in [0.15, 0.2) is 5.79 Å². The highest BCUT2D eigenvalue weighted by molar-refractivity contribution is 6.04. The van der Waals surface area contributed by atoms with Crippen molar-refractivity contribution in [1.29, 1.82) is 0 Å². The van der Waals surface area contributed by atoms with E-state index in [0.717, 1.165) is 29.8 Å². The van der Waals surface area contributed by atoms with Gasteiger partial charge in [-0.2, -0.15) is 13.2 Å². The van der Waals surface area contributed by atoms with Crippen LogP contribution >= 0.6 is 0 Å². The first-order chi connectivity index (χ1) is 17.0. The Bertz CT molecular complexity index is 1410. The van der Waals surface area contributed by atoms with Crippen LogP contribution in [0.2, 0.25) is 0 Å². The van der Waals surface area contributed by atoms with Crippen LogP contribution in [0.1, 0.15) is 36.5 Å². The van der Waals surface area contributed by atoms with Crippen LogP contribution in [-0.2, 0) is 15.7 Å². The molecule has 0 saturated carbocycles. The molecule has 1 saturated heterocycles. The van der Waals surface area contributed by atoms with E-state index in [9.17, 15) is 18.0 Å². The molecule has 3 heterocycles. The summed E-state index contributed by atoms with van der Waals surface area (Å²) in [7, 11) is 1.45. The maximum Gasteiger partial charge on any atom is 0.433 e. The molecule has 0 radical (unpaired) electrons. The van der Waals surface area contributed by atoms with E-state index in [1.807, 2.05) is 32.1 Å². The summed E-state index contributed by atoms with van der Waals surface area (Å²) >= 11 is 0. The first kappa shape index (κ1) is 24.2. The molecule has 2 aliphatic heterocycles. The third kappa shape index (κ3) is 4.66. The van der Waals surface area contributed by atoms with Gasteiger partial charge in [0, 0.05) is 10.8 Å². The number of rotatable bonds is 5. The summed E-state index contributed by atoms with van der Waals surface area (Å²) in [5.41, 5.74) is 0.351. The summed E-state index contributed by atoms with van der Waals surface area (Å²) in [5, 5.41) is 3.95. The number of ether oxygens (including phenoxy) is 3. The molecule has 0 spiro atoms. The van der Waals surface area contributed by atoms with Gasteiger partial charge in [-0.15, -0.1) is 0 Å². The fourth-order valence-electron chi connectivity index (χ4n) is 4.55. The first-order valence-corrected chi connectivity index (χ1v) is 11.4. The SMILES string of the molecule is COc1ccc2c(c1NC(=O)c1cccc(C(F)(F)F)n1)=C1C=CC(C[C@H]3COC(C)(C)O3)C=C1N=2. The van der Waals surface area contributed by atoms with Crippen molar-refractivity contribution in [2.24, 2.45) is 10.9 Å². The maximum atomic E-state index is 13.1. The molecule has 5 rings (SSSR count). The Hall–Kier alpha value is -3.50. The monoisotopic (exact) mass is 499 g/mol. The van der Waals surface area contributed by atoms with Gasteiger partial charge in [0.05, 0.1) is 36.6 Å². The number of carbonyl (C=O) groups is 1. The minimum Gasteiger partial charge on any atom is -0.495 e. The average Bonchev–Trinajstić information content (AvgIpc) is 3.37. The van der Waals surface area contributed by atoms with E-state index in [-0.39, 0.29) is 17.7 Å². The van der Waals surface area contributed by atoms with Crippen molar-refractivity contribution in [2.45, 2.75) is 38.3 Å². The van der Waals surface area contributed by atoms with Gasteiger partial charge >= 0.3 is 6.18 Å². The number of amides is 1. The van der Waals surface area contributed by atoms with Gasteiger partial charge in [0.25, 0.3) is 5.91 Å². The van der Waals surface area contributed by atoms with E-state index in [1.54, 1.807) is 12.1 Å². The highest BCUT2D eigenvalue weighted by Gasteiger charge is 2.35. The number of fused-ring (bicyclic) bond motifs is 2. The van der Waals surface area contributed by atoms with Crippen LogP contribution in [0.4, 0.5) is 18.9 Å². The van der Waals surface area contributed by atoms with Crippen LogP contribution in [0.15, 0.2) is 59.2 Å². The van der Waals surface area contributed by atoms with Crippen molar-refractivity contribution in [3.8, 4) is 5.75 Å². The molecule has 1 aromatic carbocycles. The second-order valence-corrected chi connectivity index (χ2v) is 9.18. The fraction of sp³-hybridized carbons (Fsp3) is 0.346. The van der Waals surface area contributed by atoms with Crippen LogP contribution in [0.5, 0.6) is 5.75 Å². The van der Waals surface area contributed by atoms with Crippen molar-refractivity contribution in [1.82, 2.24) is 4.98 Å². The van der Waals surface area contributed by atoms with E-state index in [4.69, 9.17) is 19.2 Å². The van der Waals surface area contributed by atoms with Crippen molar-refractivity contribution >= 4 is 17.2 Å². The van der Waals surface area contributed by atoms with Crippen molar-refractivity contribution < 1.29 is 32.2 Å². The summed E-state index contributed by atoms with van der Waals surface area (Å²) in [5.74, 6) is -0.949. The number of carbonyl (C=O) groups excluding carboxylic acids is 1. The van der Waals surface area contributed by atoms with Crippen molar-refractivity contribution in [3.05, 3.63) is 76.2 Å². The molecule has 1 aromatic heterocycles. The van der Waals surface area contributed by atoms with Crippen molar-refractivity contribution in [2.75, 3.05) is 19.0 Å². The second kappa shape index (κ2) is 8.86. The molecule has 1 N–H and O–H groups in total. The van der Waals surface area contributed by atoms with Gasteiger partial charge < -0.3 is 19.5 Å². The smallest absolute Gasteiger partial charge is 0.433 e. The Labute approximate surface area is 205 Å². The van der Waals surface area contributed by atoms with Crippen LogP contribution in [0.25, 0.3) is 5.57 Å². The molecule has 1 fully saturated rings. The third-order valence-corrected chi connectivity index (χ3v) is 6.15. The lowest BCUT2D eigenvalue weighted by atomic mass is 9.92. The summed E-state index contributed by atoms with van der Waals surface area (Å²) in [6.45, 7) is 4.29. The van der Waals surface area contributed by atoms with Crippen LogP contribution in [-0.4, -0.2) is 36.5 Å². The van der Waals surface area contributed by atoms with Gasteiger partial charge in [-0.25, -0.2) is 9.98 Å². The number of hydrogen-bond acceptors (Lipinski definition) is 6. The molecule has 10 heteroatoms. The van der Waals surface area contributed by atoms with Gasteiger partial charge in [0.1, 0.15) is 17.1 Å². The highest BCUT2D eigenvalue weighted by atomic mass is 19.4. The number of alkyl halides is 3. The van der Waals surface area contributed by atoms with Crippen LogP contribution in [0.3, 0.4) is 0 Å². The van der Waals surface area contributed by atoms with E-state index in [1.165, 1.54) is 13.2 Å². The molecule has 0 bridgehead atoms. The number of anilines is 1. The minimum absolute atomic E-state index is 0.0354. The lowest BCUT2D eigenvalue weighted by Crippen LogP contribution is -2.30. The van der Waals surface area contributed by atoms with Crippen molar-refractivity contribution in [3.63, 3.8) is 0 Å².